The molecule has 0 aliphatic heterocycles. The molecule has 0 atom stereocenters. The number of halogens is 2. The maximum atomic E-state index is 10.5. The number of carbonyl (C=O) groups is 1. The van der Waals surface area contributed by atoms with E-state index >= 15 is 0 Å². The van der Waals surface area contributed by atoms with Gasteiger partial charge in [0.05, 0.1) is 0 Å². The molecule has 1 aromatic carbocycles. The summed E-state index contributed by atoms with van der Waals surface area (Å²) < 4.78 is 0. The molecule has 1 N–H and O–H groups in total. The highest BCUT2D eigenvalue weighted by Crippen LogP contribution is 2.21. The molecule has 0 saturated heterocycles. The van der Waals surface area contributed by atoms with E-state index in [1.807, 2.05) is 0 Å². The Morgan fingerprint density at radius 1 is 1.29 bits per heavy atom. The van der Waals surface area contributed by atoms with Gasteiger partial charge in [0.25, 0.3) is 0 Å². The summed E-state index contributed by atoms with van der Waals surface area (Å²) in [5.74, 6) is -1.29. The normalized spacial score (nSPS) is 12.1. The van der Waals surface area contributed by atoms with Crippen molar-refractivity contribution in [3.05, 3.63) is 52.6 Å². The molecule has 0 spiro atoms. The van der Waals surface area contributed by atoms with E-state index in [4.69, 9.17) is 33.6 Å². The predicted octanol–water partition coefficient (Wildman–Crippen LogP) is 3.45. The Kier molecular flexibility index (Phi) is 4.77. The van der Waals surface area contributed by atoms with Gasteiger partial charge in [-0.15, -0.1) is 0 Å². The second kappa shape index (κ2) is 6.09. The summed E-state index contributed by atoms with van der Waals surface area (Å²) in [5.41, 5.74) is 0.312. The number of allylic oxidation sites excluding steroid dienone is 2. The quantitative estimate of drug-likeness (QED) is 0.518. The molecule has 0 amide bonds. The molecule has 0 bridgehead atoms. The summed E-state index contributed by atoms with van der Waals surface area (Å²) in [7, 11) is 0. The van der Waals surface area contributed by atoms with Crippen molar-refractivity contribution in [2.24, 2.45) is 0 Å². The van der Waals surface area contributed by atoms with Crippen LogP contribution in [0.3, 0.4) is 0 Å². The van der Waals surface area contributed by atoms with Gasteiger partial charge in [-0.1, -0.05) is 35.3 Å². The number of carboxylic acids is 1. The lowest BCUT2D eigenvalue weighted by atomic mass is 10.2. The van der Waals surface area contributed by atoms with Crippen molar-refractivity contribution in [1.29, 1.82) is 5.26 Å². The molecule has 17 heavy (non-hydrogen) atoms. The van der Waals surface area contributed by atoms with Gasteiger partial charge in [-0.2, -0.15) is 5.26 Å². The highest BCUT2D eigenvalue weighted by atomic mass is 35.5. The first kappa shape index (κ1) is 13.3. The number of rotatable bonds is 3. The first-order chi connectivity index (χ1) is 8.04. The minimum Gasteiger partial charge on any atom is -0.477 e. The lowest BCUT2D eigenvalue weighted by Crippen LogP contribution is -1.96. The Hall–Kier alpha value is -1.76. The van der Waals surface area contributed by atoms with Gasteiger partial charge in [-0.05, 0) is 29.8 Å². The number of nitriles is 1. The van der Waals surface area contributed by atoms with Crippen LogP contribution in [0, 0.1) is 11.3 Å². The maximum Gasteiger partial charge on any atom is 0.346 e. The summed E-state index contributed by atoms with van der Waals surface area (Å²) in [6.45, 7) is 0. The van der Waals surface area contributed by atoms with Gasteiger partial charge in [0, 0.05) is 10.1 Å². The topological polar surface area (TPSA) is 61.1 Å². The molecule has 1 rings (SSSR count). The van der Waals surface area contributed by atoms with Crippen molar-refractivity contribution in [1.82, 2.24) is 0 Å². The van der Waals surface area contributed by atoms with Crippen LogP contribution in [0.1, 0.15) is 5.56 Å². The van der Waals surface area contributed by atoms with Crippen molar-refractivity contribution in [3.63, 3.8) is 0 Å². The lowest BCUT2D eigenvalue weighted by Gasteiger charge is -1.97. The third-order valence-corrected chi connectivity index (χ3v) is 2.46. The second-order valence-electron chi connectivity index (χ2n) is 3.02. The smallest absolute Gasteiger partial charge is 0.346 e. The van der Waals surface area contributed by atoms with Crippen LogP contribution in [0.5, 0.6) is 0 Å². The first-order valence-corrected chi connectivity index (χ1v) is 5.27. The lowest BCUT2D eigenvalue weighted by molar-refractivity contribution is -0.132. The molecule has 5 heteroatoms. The van der Waals surface area contributed by atoms with E-state index in [0.717, 1.165) is 6.08 Å². The molecule has 0 heterocycles. The zero-order valence-corrected chi connectivity index (χ0v) is 10.0. The fourth-order valence-corrected chi connectivity index (χ4v) is 1.33. The number of carboxylic acid groups (broad SMARTS) is 1. The number of aliphatic carboxylic acids is 1. The molecule has 0 aliphatic rings. The molecular weight excluding hydrogens is 261 g/mol. The van der Waals surface area contributed by atoms with Gasteiger partial charge in [0.1, 0.15) is 11.6 Å². The van der Waals surface area contributed by atoms with Gasteiger partial charge in [-0.3, -0.25) is 0 Å². The summed E-state index contributed by atoms with van der Waals surface area (Å²) in [6.07, 6.45) is 2.51. The van der Waals surface area contributed by atoms with E-state index in [-0.39, 0.29) is 5.57 Å². The third-order valence-electron chi connectivity index (χ3n) is 1.87. The monoisotopic (exact) mass is 267 g/mol. The van der Waals surface area contributed by atoms with Crippen LogP contribution in [-0.4, -0.2) is 11.1 Å². The van der Waals surface area contributed by atoms with Crippen molar-refractivity contribution in [2.75, 3.05) is 0 Å². The molecular formula is C12H7Cl2NO2. The predicted molar refractivity (Wildman–Crippen MR) is 66.6 cm³/mol. The van der Waals surface area contributed by atoms with Crippen molar-refractivity contribution in [2.45, 2.75) is 0 Å². The third kappa shape index (κ3) is 3.95. The fraction of sp³-hybridized carbons (Fsp3) is 0. The average molecular weight is 268 g/mol. The molecule has 0 fully saturated rings. The Labute approximate surface area is 108 Å². The molecule has 3 nitrogen and oxygen atoms in total. The van der Waals surface area contributed by atoms with E-state index in [2.05, 4.69) is 0 Å². The summed E-state index contributed by atoms with van der Waals surface area (Å²) >= 11 is 11.6. The van der Waals surface area contributed by atoms with Crippen LogP contribution in [0.15, 0.2) is 42.0 Å². The van der Waals surface area contributed by atoms with E-state index in [1.165, 1.54) is 6.08 Å². The minimum absolute atomic E-state index is 0.329. The minimum atomic E-state index is -1.29. The number of hydrogen-bond acceptors (Lipinski definition) is 2. The van der Waals surface area contributed by atoms with Crippen LogP contribution in [0.2, 0.25) is 5.02 Å². The molecule has 0 saturated carbocycles. The molecule has 0 unspecified atom stereocenters. The Bertz CT molecular complexity index is 524. The van der Waals surface area contributed by atoms with Gasteiger partial charge in [0.15, 0.2) is 0 Å². The van der Waals surface area contributed by atoms with E-state index in [0.29, 0.717) is 15.6 Å². The van der Waals surface area contributed by atoms with Crippen LogP contribution in [-0.2, 0) is 4.79 Å². The fourth-order valence-electron chi connectivity index (χ4n) is 1.02. The molecule has 0 aromatic heterocycles. The highest BCUT2D eigenvalue weighted by molar-refractivity contribution is 6.49. The highest BCUT2D eigenvalue weighted by Gasteiger charge is 2.04. The number of hydrogen-bond donors (Lipinski definition) is 1. The van der Waals surface area contributed by atoms with Crippen molar-refractivity contribution in [3.8, 4) is 6.07 Å². The summed E-state index contributed by atoms with van der Waals surface area (Å²) in [4.78, 5) is 10.5. The van der Waals surface area contributed by atoms with Crippen LogP contribution < -0.4 is 0 Å². The van der Waals surface area contributed by atoms with Gasteiger partial charge in [-0.25, -0.2) is 4.79 Å². The number of benzene rings is 1. The van der Waals surface area contributed by atoms with Gasteiger partial charge in [0.2, 0.25) is 0 Å². The van der Waals surface area contributed by atoms with Crippen molar-refractivity contribution < 1.29 is 9.90 Å². The van der Waals surface area contributed by atoms with E-state index in [1.54, 1.807) is 30.3 Å². The second-order valence-corrected chi connectivity index (χ2v) is 3.86. The van der Waals surface area contributed by atoms with Crippen molar-refractivity contribution >= 4 is 34.2 Å². The molecule has 86 valence electrons. The number of nitrogens with zero attached hydrogens (tertiary/aromatic N) is 1. The Balaban J connectivity index is 2.98. The Morgan fingerprint density at radius 3 is 2.35 bits per heavy atom. The van der Waals surface area contributed by atoms with E-state index < -0.39 is 5.97 Å². The molecule has 0 aliphatic carbocycles. The van der Waals surface area contributed by atoms with Gasteiger partial charge < -0.3 is 5.11 Å². The zero-order chi connectivity index (χ0) is 12.8. The average Bonchev–Trinajstić information content (AvgIpc) is 2.30. The van der Waals surface area contributed by atoms with Crippen LogP contribution in [0.25, 0.3) is 5.03 Å². The Morgan fingerprint density at radius 2 is 1.88 bits per heavy atom. The molecule has 1 aromatic rings. The summed E-state index contributed by atoms with van der Waals surface area (Å²) in [6, 6.07) is 8.28. The summed E-state index contributed by atoms with van der Waals surface area (Å²) in [5, 5.41) is 18.0. The zero-order valence-electron chi connectivity index (χ0n) is 8.52. The first-order valence-electron chi connectivity index (χ1n) is 4.51. The maximum absolute atomic E-state index is 10.5. The van der Waals surface area contributed by atoms with E-state index in [9.17, 15) is 4.79 Å². The standard InChI is InChI=1S/C12H7Cl2NO2/c13-10-4-1-8(2-5-10)11(14)6-3-9(7-15)12(16)17/h1-6H,(H,16,17)/b9-3-,11-6-. The SMILES string of the molecule is N#C/C(=C/C=C(\Cl)c1ccc(Cl)cc1)C(=O)O. The van der Waals surface area contributed by atoms with Crippen LogP contribution in [0.4, 0.5) is 0 Å². The van der Waals surface area contributed by atoms with Gasteiger partial charge >= 0.3 is 5.97 Å². The largest absolute Gasteiger partial charge is 0.477 e. The molecule has 0 radical (unpaired) electrons. The van der Waals surface area contributed by atoms with Crippen LogP contribution >= 0.6 is 23.2 Å².